The van der Waals surface area contributed by atoms with Crippen LogP contribution in [-0.4, -0.2) is 4.98 Å². The molecule has 0 saturated carbocycles. The van der Waals surface area contributed by atoms with E-state index in [2.05, 4.69) is 20.9 Å². The van der Waals surface area contributed by atoms with Crippen molar-refractivity contribution < 1.29 is 4.74 Å². The molecular formula is C13H13BrN2O. The summed E-state index contributed by atoms with van der Waals surface area (Å²) in [5.74, 6) is 0.833. The molecule has 0 aliphatic heterocycles. The van der Waals surface area contributed by atoms with Gasteiger partial charge in [0, 0.05) is 23.4 Å². The van der Waals surface area contributed by atoms with Gasteiger partial charge in [0.15, 0.2) is 0 Å². The Morgan fingerprint density at radius 1 is 1.24 bits per heavy atom. The molecule has 0 spiro atoms. The van der Waals surface area contributed by atoms with Crippen LogP contribution in [-0.2, 0) is 13.2 Å². The van der Waals surface area contributed by atoms with Crippen molar-refractivity contribution in [2.45, 2.75) is 13.2 Å². The molecule has 3 nitrogen and oxygen atoms in total. The number of nitrogens with two attached hydrogens (primary N) is 1. The van der Waals surface area contributed by atoms with Gasteiger partial charge in [0.05, 0.1) is 0 Å². The summed E-state index contributed by atoms with van der Waals surface area (Å²) in [6.45, 7) is 0.983. The zero-order valence-corrected chi connectivity index (χ0v) is 10.9. The lowest BCUT2D eigenvalue weighted by Crippen LogP contribution is -2.05. The van der Waals surface area contributed by atoms with Gasteiger partial charge in [-0.05, 0) is 35.4 Å². The van der Waals surface area contributed by atoms with Gasteiger partial charge in [0.1, 0.15) is 12.4 Å². The van der Waals surface area contributed by atoms with Crippen molar-refractivity contribution in [3.63, 3.8) is 0 Å². The summed E-state index contributed by atoms with van der Waals surface area (Å²) in [5.41, 5.74) is 7.73. The van der Waals surface area contributed by atoms with E-state index in [1.807, 2.05) is 30.3 Å². The first-order valence-corrected chi connectivity index (χ1v) is 6.09. The number of benzene rings is 1. The minimum absolute atomic E-state index is 0.477. The van der Waals surface area contributed by atoms with Crippen molar-refractivity contribution in [3.8, 4) is 5.75 Å². The van der Waals surface area contributed by atoms with E-state index in [9.17, 15) is 0 Å². The molecule has 2 rings (SSSR count). The Labute approximate surface area is 109 Å². The number of hydrogen-bond acceptors (Lipinski definition) is 3. The second kappa shape index (κ2) is 5.80. The Kier molecular flexibility index (Phi) is 4.12. The molecule has 1 heterocycles. The second-order valence-corrected chi connectivity index (χ2v) is 4.51. The smallest absolute Gasteiger partial charge is 0.120 e. The van der Waals surface area contributed by atoms with Crippen LogP contribution < -0.4 is 10.5 Å². The fraction of sp³-hybridized carbons (Fsp3) is 0.154. The van der Waals surface area contributed by atoms with E-state index in [1.165, 1.54) is 0 Å². The topological polar surface area (TPSA) is 48.1 Å². The first-order chi connectivity index (χ1) is 8.29. The van der Waals surface area contributed by atoms with Crippen LogP contribution in [0.3, 0.4) is 0 Å². The third-order valence-corrected chi connectivity index (χ3v) is 2.91. The molecule has 1 aromatic carbocycles. The summed E-state index contributed by atoms with van der Waals surface area (Å²) in [6, 6.07) is 9.69. The van der Waals surface area contributed by atoms with Gasteiger partial charge in [-0.2, -0.15) is 0 Å². The highest BCUT2D eigenvalue weighted by molar-refractivity contribution is 9.10. The largest absolute Gasteiger partial charge is 0.489 e. The second-order valence-electron chi connectivity index (χ2n) is 3.59. The van der Waals surface area contributed by atoms with E-state index < -0.39 is 0 Å². The van der Waals surface area contributed by atoms with E-state index in [4.69, 9.17) is 10.5 Å². The molecule has 2 aromatic rings. The van der Waals surface area contributed by atoms with Gasteiger partial charge in [-0.15, -0.1) is 0 Å². The number of pyridine rings is 1. The van der Waals surface area contributed by atoms with Crippen LogP contribution in [0.1, 0.15) is 11.1 Å². The lowest BCUT2D eigenvalue weighted by atomic mass is 10.1. The highest BCUT2D eigenvalue weighted by Crippen LogP contribution is 2.19. The fourth-order valence-electron chi connectivity index (χ4n) is 1.50. The van der Waals surface area contributed by atoms with Crippen molar-refractivity contribution in [1.82, 2.24) is 4.98 Å². The zero-order valence-electron chi connectivity index (χ0n) is 9.27. The van der Waals surface area contributed by atoms with E-state index in [-0.39, 0.29) is 0 Å². The average molecular weight is 293 g/mol. The lowest BCUT2D eigenvalue weighted by Gasteiger charge is -2.09. The van der Waals surface area contributed by atoms with Gasteiger partial charge in [0.25, 0.3) is 0 Å². The maximum absolute atomic E-state index is 5.70. The van der Waals surface area contributed by atoms with Crippen LogP contribution in [0, 0.1) is 0 Å². The minimum Gasteiger partial charge on any atom is -0.489 e. The standard InChI is InChI=1S/C13H13BrN2O/c14-12-2-1-3-13(6-12)17-9-10-4-5-16-8-11(10)7-15/h1-6,8H,7,9,15H2. The molecule has 0 aliphatic carbocycles. The minimum atomic E-state index is 0.477. The molecule has 0 radical (unpaired) electrons. The fourth-order valence-corrected chi connectivity index (χ4v) is 1.88. The monoisotopic (exact) mass is 292 g/mol. The third-order valence-electron chi connectivity index (χ3n) is 2.41. The van der Waals surface area contributed by atoms with Gasteiger partial charge in [-0.1, -0.05) is 22.0 Å². The van der Waals surface area contributed by atoms with Crippen LogP contribution in [0.5, 0.6) is 5.75 Å². The molecule has 0 fully saturated rings. The molecule has 4 heteroatoms. The number of rotatable bonds is 4. The predicted octanol–water partition coefficient (Wildman–Crippen LogP) is 2.88. The van der Waals surface area contributed by atoms with Crippen LogP contribution in [0.2, 0.25) is 0 Å². The van der Waals surface area contributed by atoms with Gasteiger partial charge in [0.2, 0.25) is 0 Å². The Morgan fingerprint density at radius 2 is 2.12 bits per heavy atom. The predicted molar refractivity (Wildman–Crippen MR) is 70.6 cm³/mol. The molecule has 0 unspecified atom stereocenters. The first-order valence-electron chi connectivity index (χ1n) is 5.30. The zero-order chi connectivity index (χ0) is 12.1. The molecule has 17 heavy (non-hydrogen) atoms. The molecule has 0 amide bonds. The molecule has 1 aromatic heterocycles. The maximum atomic E-state index is 5.70. The van der Waals surface area contributed by atoms with Gasteiger partial charge in [-0.25, -0.2) is 0 Å². The van der Waals surface area contributed by atoms with E-state index in [1.54, 1.807) is 12.4 Å². The third kappa shape index (κ3) is 3.28. The quantitative estimate of drug-likeness (QED) is 0.943. The highest BCUT2D eigenvalue weighted by Gasteiger charge is 2.02. The maximum Gasteiger partial charge on any atom is 0.120 e. The van der Waals surface area contributed by atoms with Gasteiger partial charge < -0.3 is 10.5 Å². The van der Waals surface area contributed by atoms with Crippen molar-refractivity contribution >= 4 is 15.9 Å². The first kappa shape index (κ1) is 12.1. The van der Waals surface area contributed by atoms with Gasteiger partial charge >= 0.3 is 0 Å². The Balaban J connectivity index is 2.07. The van der Waals surface area contributed by atoms with Crippen LogP contribution in [0.15, 0.2) is 47.2 Å². The molecule has 0 saturated heterocycles. The molecule has 2 N–H and O–H groups in total. The van der Waals surface area contributed by atoms with Crippen molar-refractivity contribution in [3.05, 3.63) is 58.3 Å². The number of hydrogen-bond donors (Lipinski definition) is 1. The molecule has 0 bridgehead atoms. The summed E-state index contributed by atoms with van der Waals surface area (Å²) < 4.78 is 6.71. The number of aromatic nitrogens is 1. The highest BCUT2D eigenvalue weighted by atomic mass is 79.9. The summed E-state index contributed by atoms with van der Waals surface area (Å²) in [7, 11) is 0. The Bertz CT molecular complexity index is 502. The van der Waals surface area contributed by atoms with Gasteiger partial charge in [-0.3, -0.25) is 4.98 Å². The Morgan fingerprint density at radius 3 is 2.88 bits per heavy atom. The number of nitrogens with zero attached hydrogens (tertiary/aromatic N) is 1. The van der Waals surface area contributed by atoms with Crippen LogP contribution >= 0.6 is 15.9 Å². The molecular weight excluding hydrogens is 280 g/mol. The van der Waals surface area contributed by atoms with Crippen molar-refractivity contribution in [1.29, 1.82) is 0 Å². The molecule has 0 atom stereocenters. The summed E-state index contributed by atoms with van der Waals surface area (Å²) in [6.07, 6.45) is 3.53. The average Bonchev–Trinajstić information content (AvgIpc) is 2.37. The summed E-state index contributed by atoms with van der Waals surface area (Å²) in [4.78, 5) is 4.04. The SMILES string of the molecule is NCc1cnccc1COc1cccc(Br)c1. The van der Waals surface area contributed by atoms with E-state index in [0.29, 0.717) is 13.2 Å². The Hall–Kier alpha value is -1.39. The molecule has 0 aliphatic rings. The van der Waals surface area contributed by atoms with Crippen molar-refractivity contribution in [2.24, 2.45) is 5.73 Å². The van der Waals surface area contributed by atoms with E-state index in [0.717, 1.165) is 21.3 Å². The van der Waals surface area contributed by atoms with Crippen LogP contribution in [0.4, 0.5) is 0 Å². The lowest BCUT2D eigenvalue weighted by molar-refractivity contribution is 0.304. The number of ether oxygens (including phenoxy) is 1. The van der Waals surface area contributed by atoms with E-state index >= 15 is 0 Å². The summed E-state index contributed by atoms with van der Waals surface area (Å²) in [5, 5.41) is 0. The normalized spacial score (nSPS) is 10.2. The summed E-state index contributed by atoms with van der Waals surface area (Å²) >= 11 is 3.41. The number of halogens is 1. The van der Waals surface area contributed by atoms with Crippen LogP contribution in [0.25, 0.3) is 0 Å². The van der Waals surface area contributed by atoms with Crippen molar-refractivity contribution in [2.75, 3.05) is 0 Å². The molecule has 88 valence electrons.